The molecule has 3 rings (SSSR count). The van der Waals surface area contributed by atoms with E-state index in [1.807, 2.05) is 0 Å². The van der Waals surface area contributed by atoms with E-state index in [0.29, 0.717) is 17.3 Å². The van der Waals surface area contributed by atoms with Crippen LogP contribution in [0.25, 0.3) is 11.4 Å². The Morgan fingerprint density at radius 2 is 1.79 bits per heavy atom. The molecule has 0 fully saturated rings. The van der Waals surface area contributed by atoms with Crippen molar-refractivity contribution in [3.63, 3.8) is 0 Å². The van der Waals surface area contributed by atoms with Crippen molar-refractivity contribution in [2.45, 2.75) is 0 Å². The molecule has 0 spiro atoms. The van der Waals surface area contributed by atoms with E-state index in [-0.39, 0.29) is 0 Å². The van der Waals surface area contributed by atoms with Gasteiger partial charge in [0, 0.05) is 31.0 Å². The Kier molecular flexibility index (Phi) is 2.97. The molecule has 0 aliphatic carbocycles. The highest BCUT2D eigenvalue weighted by atomic mass is 15.2. The van der Waals surface area contributed by atoms with E-state index < -0.39 is 0 Å². The Labute approximate surface area is 107 Å². The number of rotatable bonds is 3. The van der Waals surface area contributed by atoms with Gasteiger partial charge in [-0.3, -0.25) is 10.1 Å². The molecule has 0 radical (unpaired) electrons. The van der Waals surface area contributed by atoms with Gasteiger partial charge in [0.25, 0.3) is 0 Å². The molecule has 92 valence electrons. The lowest BCUT2D eigenvalue weighted by atomic mass is 10.3. The fourth-order valence-corrected chi connectivity index (χ4v) is 1.42. The molecule has 3 heterocycles. The predicted octanol–water partition coefficient (Wildman–Crippen LogP) is 2.07. The summed E-state index contributed by atoms with van der Waals surface area (Å²) in [6.45, 7) is 0. The molecule has 0 unspecified atom stereocenters. The maximum Gasteiger partial charge on any atom is 0.202 e. The van der Waals surface area contributed by atoms with Crippen LogP contribution in [0.1, 0.15) is 0 Å². The second-order valence-corrected chi connectivity index (χ2v) is 3.46. The molecular formula is C11H8N8. The zero-order valence-electron chi connectivity index (χ0n) is 9.67. The molecule has 0 atom stereocenters. The van der Waals surface area contributed by atoms with Crippen molar-refractivity contribution in [2.75, 3.05) is 0 Å². The van der Waals surface area contributed by atoms with Gasteiger partial charge < -0.3 is 0 Å². The molecule has 3 aromatic heterocycles. The third-order valence-electron chi connectivity index (χ3n) is 2.23. The number of aromatic amines is 1. The highest BCUT2D eigenvalue weighted by Gasteiger charge is 2.08. The first-order valence-electron chi connectivity index (χ1n) is 5.42. The van der Waals surface area contributed by atoms with Crippen LogP contribution in [0, 0.1) is 0 Å². The van der Waals surface area contributed by atoms with Gasteiger partial charge in [0.15, 0.2) is 5.82 Å². The summed E-state index contributed by atoms with van der Waals surface area (Å²) < 4.78 is 0. The highest BCUT2D eigenvalue weighted by Crippen LogP contribution is 2.24. The Hall–Kier alpha value is -3.03. The SMILES string of the molecule is c1cnc(N=Nc2nccnc2-c2ccn[nH]2)cn1. The van der Waals surface area contributed by atoms with E-state index in [1.165, 1.54) is 6.20 Å². The van der Waals surface area contributed by atoms with Crippen LogP contribution in [0.15, 0.2) is 53.5 Å². The monoisotopic (exact) mass is 252 g/mol. The van der Waals surface area contributed by atoms with Gasteiger partial charge in [0.2, 0.25) is 5.82 Å². The number of nitrogens with zero attached hydrogens (tertiary/aromatic N) is 7. The van der Waals surface area contributed by atoms with Crippen LogP contribution in [0.5, 0.6) is 0 Å². The van der Waals surface area contributed by atoms with Crippen LogP contribution in [0.2, 0.25) is 0 Å². The third kappa shape index (κ3) is 2.46. The molecule has 8 heteroatoms. The van der Waals surface area contributed by atoms with Crippen molar-refractivity contribution in [3.05, 3.63) is 43.2 Å². The molecule has 0 saturated heterocycles. The van der Waals surface area contributed by atoms with Gasteiger partial charge in [-0.05, 0) is 6.07 Å². The molecule has 0 bridgehead atoms. The molecule has 1 N–H and O–H groups in total. The smallest absolute Gasteiger partial charge is 0.202 e. The third-order valence-corrected chi connectivity index (χ3v) is 2.23. The second kappa shape index (κ2) is 5.08. The maximum atomic E-state index is 4.21. The molecule has 0 aliphatic heterocycles. The van der Waals surface area contributed by atoms with Crippen LogP contribution in [0.4, 0.5) is 11.6 Å². The quantitative estimate of drug-likeness (QED) is 0.718. The van der Waals surface area contributed by atoms with E-state index in [4.69, 9.17) is 0 Å². The van der Waals surface area contributed by atoms with Crippen molar-refractivity contribution in [3.8, 4) is 11.4 Å². The van der Waals surface area contributed by atoms with Crippen LogP contribution in [0.3, 0.4) is 0 Å². The van der Waals surface area contributed by atoms with Gasteiger partial charge in [-0.1, -0.05) is 0 Å². The molecule has 19 heavy (non-hydrogen) atoms. The van der Waals surface area contributed by atoms with Crippen LogP contribution in [-0.2, 0) is 0 Å². The summed E-state index contributed by atoms with van der Waals surface area (Å²) in [5.41, 5.74) is 1.30. The maximum absolute atomic E-state index is 4.21. The Morgan fingerprint density at radius 1 is 0.895 bits per heavy atom. The molecule has 0 aliphatic rings. The van der Waals surface area contributed by atoms with Crippen molar-refractivity contribution in [1.82, 2.24) is 30.1 Å². The normalized spacial score (nSPS) is 10.9. The van der Waals surface area contributed by atoms with Gasteiger partial charge in [-0.15, -0.1) is 10.2 Å². The minimum atomic E-state index is 0.386. The van der Waals surface area contributed by atoms with Gasteiger partial charge in [0.05, 0.1) is 11.9 Å². The predicted molar refractivity (Wildman–Crippen MR) is 65.8 cm³/mol. The summed E-state index contributed by atoms with van der Waals surface area (Å²) >= 11 is 0. The Morgan fingerprint density at radius 3 is 2.58 bits per heavy atom. The largest absolute Gasteiger partial charge is 0.276 e. The van der Waals surface area contributed by atoms with E-state index in [1.54, 1.807) is 37.1 Å². The van der Waals surface area contributed by atoms with Crippen molar-refractivity contribution >= 4 is 11.6 Å². The first-order chi connectivity index (χ1) is 9.43. The summed E-state index contributed by atoms with van der Waals surface area (Å²) in [7, 11) is 0. The lowest BCUT2D eigenvalue weighted by Crippen LogP contribution is -1.86. The molecular weight excluding hydrogens is 244 g/mol. The number of hydrogen-bond donors (Lipinski definition) is 1. The average molecular weight is 252 g/mol. The lowest BCUT2D eigenvalue weighted by molar-refractivity contribution is 1.05. The summed E-state index contributed by atoms with van der Waals surface area (Å²) in [5, 5.41) is 14.7. The topological polar surface area (TPSA) is 105 Å². The minimum Gasteiger partial charge on any atom is -0.276 e. The molecule has 0 amide bonds. The molecule has 0 saturated carbocycles. The zero-order chi connectivity index (χ0) is 12.9. The summed E-state index contributed by atoms with van der Waals surface area (Å²) in [4.78, 5) is 16.2. The number of aromatic nitrogens is 6. The van der Waals surface area contributed by atoms with E-state index >= 15 is 0 Å². The first kappa shape index (κ1) is 11.1. The number of H-pyrrole nitrogens is 1. The lowest BCUT2D eigenvalue weighted by Gasteiger charge is -1.98. The number of nitrogens with one attached hydrogen (secondary N) is 1. The number of azo groups is 1. The van der Waals surface area contributed by atoms with E-state index in [2.05, 4.69) is 40.4 Å². The fourth-order valence-electron chi connectivity index (χ4n) is 1.42. The number of hydrogen-bond acceptors (Lipinski definition) is 7. The fraction of sp³-hybridized carbons (Fsp3) is 0. The van der Waals surface area contributed by atoms with Gasteiger partial charge in [-0.2, -0.15) is 5.10 Å². The van der Waals surface area contributed by atoms with Gasteiger partial charge in [0.1, 0.15) is 5.69 Å². The summed E-state index contributed by atoms with van der Waals surface area (Å²) in [6, 6.07) is 1.78. The van der Waals surface area contributed by atoms with Crippen molar-refractivity contribution in [1.29, 1.82) is 0 Å². The van der Waals surface area contributed by atoms with Gasteiger partial charge in [-0.25, -0.2) is 15.0 Å². The van der Waals surface area contributed by atoms with Crippen LogP contribution >= 0.6 is 0 Å². The first-order valence-corrected chi connectivity index (χ1v) is 5.42. The Bertz CT molecular complexity index is 677. The second-order valence-electron chi connectivity index (χ2n) is 3.46. The van der Waals surface area contributed by atoms with Gasteiger partial charge >= 0.3 is 0 Å². The van der Waals surface area contributed by atoms with E-state index in [9.17, 15) is 0 Å². The average Bonchev–Trinajstić information content (AvgIpc) is 3.01. The van der Waals surface area contributed by atoms with Crippen molar-refractivity contribution < 1.29 is 0 Å². The highest BCUT2D eigenvalue weighted by molar-refractivity contribution is 5.64. The molecule has 8 nitrogen and oxygen atoms in total. The van der Waals surface area contributed by atoms with E-state index in [0.717, 1.165) is 5.69 Å². The van der Waals surface area contributed by atoms with Crippen molar-refractivity contribution in [2.24, 2.45) is 10.2 Å². The molecule has 0 aromatic carbocycles. The molecule has 3 aromatic rings. The summed E-state index contributed by atoms with van der Waals surface area (Å²) in [5.74, 6) is 0.793. The minimum absolute atomic E-state index is 0.386. The Balaban J connectivity index is 1.96. The van der Waals surface area contributed by atoms with Crippen LogP contribution < -0.4 is 0 Å². The zero-order valence-corrected chi connectivity index (χ0v) is 9.67. The summed E-state index contributed by atoms with van der Waals surface area (Å²) in [6.07, 6.45) is 9.38. The standard InChI is InChI=1S/C11H8N8/c1-2-16-17-8(1)10-11(15-6-5-14-10)19-18-9-7-12-3-4-13-9/h1-7H,(H,16,17). The van der Waals surface area contributed by atoms with Crippen LogP contribution in [-0.4, -0.2) is 30.1 Å².